The summed E-state index contributed by atoms with van der Waals surface area (Å²) in [4.78, 5) is 28.0. The summed E-state index contributed by atoms with van der Waals surface area (Å²) in [6.45, 7) is 3.31. The molecule has 1 N–H and O–H groups in total. The molecule has 0 saturated heterocycles. The molecular formula is C22H17BrN2O4. The van der Waals surface area contributed by atoms with E-state index >= 15 is 0 Å². The lowest BCUT2D eigenvalue weighted by Gasteiger charge is -2.10. The van der Waals surface area contributed by atoms with Crippen LogP contribution in [0.5, 0.6) is 11.5 Å². The average molecular weight is 453 g/mol. The van der Waals surface area contributed by atoms with Crippen molar-refractivity contribution < 1.29 is 19.4 Å². The van der Waals surface area contributed by atoms with Crippen LogP contribution in [0, 0.1) is 0 Å². The number of nitrogens with zero attached hydrogens (tertiary/aromatic N) is 2. The van der Waals surface area contributed by atoms with Gasteiger partial charge in [-0.1, -0.05) is 34.1 Å². The standard InChI is InChI=1S/C22H17BrN2O4/c1-12(23)19-20-16-10-15(29-14-6-4-3-5-7-14)8-9-17(16)25(13(2)26)18(20)11-24-21(19)22(27)28/h3-12H,1-2H3,(H,27,28). The SMILES string of the molecule is CC(=O)n1c2ccc(Oc3ccccc3)cc2c2c(C(C)Br)c(C(=O)O)ncc21. The lowest BCUT2D eigenvalue weighted by molar-refractivity contribution is 0.0689. The van der Waals surface area contributed by atoms with Gasteiger partial charge in [0.05, 0.1) is 17.2 Å². The van der Waals surface area contributed by atoms with Crippen molar-refractivity contribution in [2.45, 2.75) is 18.7 Å². The second-order valence-corrected chi connectivity index (χ2v) is 8.02. The zero-order chi connectivity index (χ0) is 20.7. The van der Waals surface area contributed by atoms with Gasteiger partial charge in [0.1, 0.15) is 11.5 Å². The number of hydrogen-bond donors (Lipinski definition) is 1. The number of ether oxygens (including phenoxy) is 1. The predicted octanol–water partition coefficient (Wildman–Crippen LogP) is 5.80. The molecule has 1 atom stereocenters. The normalized spacial score (nSPS) is 12.2. The molecule has 0 radical (unpaired) electrons. The van der Waals surface area contributed by atoms with Gasteiger partial charge in [-0.25, -0.2) is 9.78 Å². The van der Waals surface area contributed by atoms with Gasteiger partial charge in [-0.05, 0) is 37.3 Å². The molecule has 4 aromatic rings. The first-order chi connectivity index (χ1) is 13.9. The number of carbonyl (C=O) groups is 2. The molecule has 29 heavy (non-hydrogen) atoms. The van der Waals surface area contributed by atoms with Crippen LogP contribution < -0.4 is 4.74 Å². The number of rotatable bonds is 4. The Hall–Kier alpha value is -3.19. The van der Waals surface area contributed by atoms with Crippen LogP contribution in [0.4, 0.5) is 0 Å². The maximum Gasteiger partial charge on any atom is 0.354 e. The molecule has 0 saturated carbocycles. The number of benzene rings is 2. The molecule has 0 aliphatic carbocycles. The molecule has 1 unspecified atom stereocenters. The summed E-state index contributed by atoms with van der Waals surface area (Å²) in [7, 11) is 0. The van der Waals surface area contributed by atoms with Crippen molar-refractivity contribution in [3.63, 3.8) is 0 Å². The minimum atomic E-state index is -1.12. The van der Waals surface area contributed by atoms with E-state index in [2.05, 4.69) is 20.9 Å². The molecule has 0 fully saturated rings. The summed E-state index contributed by atoms with van der Waals surface area (Å²) in [6, 6.07) is 14.8. The van der Waals surface area contributed by atoms with E-state index < -0.39 is 5.97 Å². The zero-order valence-corrected chi connectivity index (χ0v) is 17.3. The zero-order valence-electron chi connectivity index (χ0n) is 15.7. The third-order valence-electron chi connectivity index (χ3n) is 4.71. The van der Waals surface area contributed by atoms with E-state index in [0.717, 1.165) is 5.39 Å². The van der Waals surface area contributed by atoms with E-state index in [-0.39, 0.29) is 16.4 Å². The van der Waals surface area contributed by atoms with Crippen molar-refractivity contribution in [1.29, 1.82) is 0 Å². The number of para-hydroxylation sites is 1. The first-order valence-electron chi connectivity index (χ1n) is 8.96. The number of aromatic carboxylic acids is 1. The van der Waals surface area contributed by atoms with Crippen molar-refractivity contribution in [3.05, 3.63) is 66.0 Å². The van der Waals surface area contributed by atoms with Crippen LogP contribution in [0.25, 0.3) is 21.8 Å². The number of alkyl halides is 1. The number of pyridine rings is 1. The first-order valence-corrected chi connectivity index (χ1v) is 9.88. The second-order valence-electron chi connectivity index (χ2n) is 6.65. The lowest BCUT2D eigenvalue weighted by Crippen LogP contribution is -2.09. The van der Waals surface area contributed by atoms with Gasteiger partial charge < -0.3 is 9.84 Å². The van der Waals surface area contributed by atoms with Crippen molar-refractivity contribution in [2.24, 2.45) is 0 Å². The van der Waals surface area contributed by atoms with Crippen LogP contribution in [-0.4, -0.2) is 26.5 Å². The third-order valence-corrected chi connectivity index (χ3v) is 5.17. The maximum atomic E-state index is 12.4. The van der Waals surface area contributed by atoms with Crippen molar-refractivity contribution in [2.75, 3.05) is 0 Å². The molecule has 2 aromatic heterocycles. The van der Waals surface area contributed by atoms with Crippen LogP contribution in [0.1, 0.15) is 39.5 Å². The van der Waals surface area contributed by atoms with Gasteiger partial charge in [-0.3, -0.25) is 9.36 Å². The number of carbonyl (C=O) groups excluding carboxylic acids is 1. The van der Waals surface area contributed by atoms with Crippen LogP contribution in [0.3, 0.4) is 0 Å². The average Bonchev–Trinajstić information content (AvgIpc) is 3.01. The first kappa shape index (κ1) is 19.1. The molecule has 0 aliphatic rings. The van der Waals surface area contributed by atoms with Crippen LogP contribution in [0.2, 0.25) is 0 Å². The van der Waals surface area contributed by atoms with Gasteiger partial charge in [-0.2, -0.15) is 0 Å². The Bertz CT molecular complexity index is 1260. The van der Waals surface area contributed by atoms with Crippen LogP contribution >= 0.6 is 15.9 Å². The van der Waals surface area contributed by atoms with Gasteiger partial charge in [0, 0.05) is 28.1 Å². The molecular weight excluding hydrogens is 436 g/mol. The summed E-state index contributed by atoms with van der Waals surface area (Å²) in [5, 5.41) is 11.0. The fourth-order valence-corrected chi connectivity index (χ4v) is 4.04. The summed E-state index contributed by atoms with van der Waals surface area (Å²) >= 11 is 3.50. The van der Waals surface area contributed by atoms with Gasteiger partial charge >= 0.3 is 5.97 Å². The molecule has 0 aliphatic heterocycles. The Labute approximate surface area is 174 Å². The van der Waals surface area contributed by atoms with Gasteiger partial charge in [0.15, 0.2) is 5.69 Å². The van der Waals surface area contributed by atoms with E-state index in [9.17, 15) is 14.7 Å². The van der Waals surface area contributed by atoms with Crippen molar-refractivity contribution >= 4 is 49.6 Å². The Balaban J connectivity index is 2.06. The van der Waals surface area contributed by atoms with Crippen molar-refractivity contribution in [1.82, 2.24) is 9.55 Å². The maximum absolute atomic E-state index is 12.4. The lowest BCUT2D eigenvalue weighted by atomic mass is 10.0. The van der Waals surface area contributed by atoms with Crippen LogP contribution in [0.15, 0.2) is 54.7 Å². The minimum Gasteiger partial charge on any atom is -0.477 e. The molecule has 0 amide bonds. The predicted molar refractivity (Wildman–Crippen MR) is 114 cm³/mol. The minimum absolute atomic E-state index is 0.0427. The Morgan fingerprint density at radius 2 is 1.83 bits per heavy atom. The quantitative estimate of drug-likeness (QED) is 0.395. The summed E-state index contributed by atoms with van der Waals surface area (Å²) < 4.78 is 7.50. The van der Waals surface area contributed by atoms with Crippen LogP contribution in [-0.2, 0) is 0 Å². The largest absolute Gasteiger partial charge is 0.477 e. The summed E-state index contributed by atoms with van der Waals surface area (Å²) in [5.74, 6) is -0.0225. The van der Waals surface area contributed by atoms with E-state index in [1.807, 2.05) is 43.3 Å². The molecule has 4 rings (SSSR count). The second kappa shape index (κ2) is 7.33. The number of halogens is 1. The highest BCUT2D eigenvalue weighted by molar-refractivity contribution is 9.09. The number of aromatic nitrogens is 2. The topological polar surface area (TPSA) is 81.4 Å². The highest BCUT2D eigenvalue weighted by Crippen LogP contribution is 2.39. The number of fused-ring (bicyclic) bond motifs is 3. The monoisotopic (exact) mass is 452 g/mol. The number of carboxylic acids is 1. The molecule has 2 aromatic carbocycles. The molecule has 7 heteroatoms. The van der Waals surface area contributed by atoms with E-state index in [1.165, 1.54) is 13.1 Å². The smallest absolute Gasteiger partial charge is 0.354 e. The highest BCUT2D eigenvalue weighted by atomic mass is 79.9. The molecule has 0 bridgehead atoms. The van der Waals surface area contributed by atoms with Gasteiger partial charge in [0.2, 0.25) is 5.91 Å². The van der Waals surface area contributed by atoms with E-state index in [0.29, 0.717) is 33.5 Å². The Morgan fingerprint density at radius 1 is 1.10 bits per heavy atom. The Morgan fingerprint density at radius 3 is 2.45 bits per heavy atom. The van der Waals surface area contributed by atoms with Gasteiger partial charge in [0.25, 0.3) is 0 Å². The highest BCUT2D eigenvalue weighted by Gasteiger charge is 2.25. The summed E-state index contributed by atoms with van der Waals surface area (Å²) in [5.41, 5.74) is 1.72. The molecule has 6 nitrogen and oxygen atoms in total. The fourth-order valence-electron chi connectivity index (χ4n) is 3.59. The third kappa shape index (κ3) is 3.27. The van der Waals surface area contributed by atoms with E-state index in [4.69, 9.17) is 4.74 Å². The number of hydrogen-bond acceptors (Lipinski definition) is 4. The van der Waals surface area contributed by atoms with Crippen molar-refractivity contribution in [3.8, 4) is 11.5 Å². The summed E-state index contributed by atoms with van der Waals surface area (Å²) in [6.07, 6.45) is 1.44. The van der Waals surface area contributed by atoms with E-state index in [1.54, 1.807) is 16.7 Å². The molecule has 2 heterocycles. The number of carboxylic acid groups (broad SMARTS) is 1. The fraction of sp³-hybridized carbons (Fsp3) is 0.136. The molecule has 0 spiro atoms. The van der Waals surface area contributed by atoms with Gasteiger partial charge in [-0.15, -0.1) is 0 Å². The Kier molecular flexibility index (Phi) is 4.84. The molecule has 146 valence electrons.